The molecule has 0 spiro atoms. The monoisotopic (exact) mass is 346 g/mol. The molecule has 0 N–H and O–H groups in total. The van der Waals surface area contributed by atoms with Crippen molar-refractivity contribution in [3.8, 4) is 11.3 Å². The van der Waals surface area contributed by atoms with Crippen molar-refractivity contribution in [1.82, 2.24) is 9.38 Å². The van der Waals surface area contributed by atoms with Crippen molar-refractivity contribution >= 4 is 38.1 Å². The first kappa shape index (κ1) is 14.7. The van der Waals surface area contributed by atoms with E-state index < -0.39 is 0 Å². The summed E-state index contributed by atoms with van der Waals surface area (Å²) in [5.41, 5.74) is 8.59. The van der Waals surface area contributed by atoms with Crippen LogP contribution in [0.2, 0.25) is 0 Å². The Labute approximate surface area is 157 Å². The second kappa shape index (κ2) is 5.08. The summed E-state index contributed by atoms with van der Waals surface area (Å²) < 4.78 is 2.42. The zero-order chi connectivity index (χ0) is 18.1. The third kappa shape index (κ3) is 1.82. The minimum atomic E-state index is 1.04. The van der Waals surface area contributed by atoms with Gasteiger partial charge in [-0.05, 0) is 43.2 Å². The number of aromatic nitrogens is 2. The van der Waals surface area contributed by atoms with Gasteiger partial charge in [0.15, 0.2) is 0 Å². The van der Waals surface area contributed by atoms with Crippen molar-refractivity contribution in [3.05, 3.63) is 84.1 Å². The molecule has 0 saturated heterocycles. The van der Waals surface area contributed by atoms with Gasteiger partial charge in [-0.25, -0.2) is 0 Å². The number of hydrogen-bond donors (Lipinski definition) is 0. The van der Waals surface area contributed by atoms with Gasteiger partial charge in [0.1, 0.15) is 0 Å². The number of rotatable bonds is 1. The van der Waals surface area contributed by atoms with Crippen LogP contribution in [0.1, 0.15) is 11.1 Å². The van der Waals surface area contributed by atoms with Gasteiger partial charge in [-0.1, -0.05) is 48.5 Å². The molecule has 128 valence electrons. The Kier molecular flexibility index (Phi) is 2.77. The fourth-order valence-corrected chi connectivity index (χ4v) is 4.45. The van der Waals surface area contributed by atoms with Crippen LogP contribution in [-0.2, 0) is 0 Å². The van der Waals surface area contributed by atoms with E-state index in [9.17, 15) is 0 Å². The summed E-state index contributed by atoms with van der Waals surface area (Å²) in [6, 6.07) is 24.1. The zero-order valence-corrected chi connectivity index (χ0v) is 15.3. The predicted molar refractivity (Wildman–Crippen MR) is 114 cm³/mol. The van der Waals surface area contributed by atoms with Crippen LogP contribution in [0.25, 0.3) is 49.4 Å². The van der Waals surface area contributed by atoms with E-state index in [1.165, 1.54) is 54.8 Å². The van der Waals surface area contributed by atoms with E-state index in [-0.39, 0.29) is 0 Å². The van der Waals surface area contributed by atoms with Crippen LogP contribution >= 0.6 is 0 Å². The molecule has 0 aliphatic rings. The van der Waals surface area contributed by atoms with E-state index in [0.29, 0.717) is 0 Å². The van der Waals surface area contributed by atoms with Crippen LogP contribution in [0.4, 0.5) is 0 Å². The minimum absolute atomic E-state index is 1.04. The van der Waals surface area contributed by atoms with Crippen LogP contribution in [0.5, 0.6) is 0 Å². The highest BCUT2D eigenvalue weighted by Crippen LogP contribution is 2.43. The number of nitrogens with zero attached hydrogens (tertiary/aromatic N) is 2. The summed E-state index contributed by atoms with van der Waals surface area (Å²) in [5, 5.41) is 5.21. The lowest BCUT2D eigenvalue weighted by Gasteiger charge is -2.07. The van der Waals surface area contributed by atoms with E-state index in [0.717, 1.165) is 5.69 Å². The lowest BCUT2D eigenvalue weighted by atomic mass is 9.99. The molecule has 3 heterocycles. The van der Waals surface area contributed by atoms with Gasteiger partial charge in [-0.3, -0.25) is 4.98 Å². The van der Waals surface area contributed by atoms with E-state index in [1.807, 2.05) is 6.20 Å². The van der Waals surface area contributed by atoms with Crippen molar-refractivity contribution in [2.75, 3.05) is 0 Å². The Morgan fingerprint density at radius 2 is 1.41 bits per heavy atom. The Hall–Kier alpha value is -3.39. The average molecular weight is 346 g/mol. The van der Waals surface area contributed by atoms with Gasteiger partial charge in [-0.15, -0.1) is 0 Å². The third-order valence-corrected chi connectivity index (χ3v) is 5.90. The second-order valence-electron chi connectivity index (χ2n) is 7.41. The molecule has 0 fully saturated rings. The number of aryl methyl sites for hydroxylation is 2. The van der Waals surface area contributed by atoms with Gasteiger partial charge in [0, 0.05) is 33.3 Å². The standard InChI is InChI=1S/C25H18N2/c1-15-13-21(26-14-16(15)2)19-12-11-18-17-7-3-5-9-22(17)27-23-10-6-4-8-20(23)24(19)25(18)27/h3-14H,1-2H3. The molecule has 0 amide bonds. The largest absolute Gasteiger partial charge is 0.308 e. The topological polar surface area (TPSA) is 17.3 Å². The number of para-hydroxylation sites is 2. The van der Waals surface area contributed by atoms with Crippen molar-refractivity contribution in [2.24, 2.45) is 0 Å². The van der Waals surface area contributed by atoms with Crippen molar-refractivity contribution in [2.45, 2.75) is 13.8 Å². The van der Waals surface area contributed by atoms with Crippen LogP contribution in [0.3, 0.4) is 0 Å². The van der Waals surface area contributed by atoms with Gasteiger partial charge in [0.25, 0.3) is 0 Å². The second-order valence-corrected chi connectivity index (χ2v) is 7.41. The van der Waals surface area contributed by atoms with Gasteiger partial charge in [0.05, 0.1) is 22.2 Å². The first-order valence-electron chi connectivity index (χ1n) is 9.33. The fourth-order valence-electron chi connectivity index (χ4n) is 4.45. The molecule has 0 saturated carbocycles. The van der Waals surface area contributed by atoms with E-state index >= 15 is 0 Å². The van der Waals surface area contributed by atoms with E-state index in [2.05, 4.69) is 85.0 Å². The molecule has 6 rings (SSSR count). The highest BCUT2D eigenvalue weighted by atomic mass is 14.9. The highest BCUT2D eigenvalue weighted by molar-refractivity contribution is 6.26. The van der Waals surface area contributed by atoms with Gasteiger partial charge in [-0.2, -0.15) is 0 Å². The lowest BCUT2D eigenvalue weighted by molar-refractivity contribution is 1.22. The summed E-state index contributed by atoms with van der Waals surface area (Å²) in [6.45, 7) is 4.27. The molecular weight excluding hydrogens is 328 g/mol. The Balaban J connectivity index is 1.89. The number of hydrogen-bond acceptors (Lipinski definition) is 1. The maximum absolute atomic E-state index is 4.77. The maximum atomic E-state index is 4.77. The predicted octanol–water partition coefficient (Wildman–Crippen LogP) is 6.52. The molecule has 3 aromatic carbocycles. The quantitative estimate of drug-likeness (QED) is 0.331. The van der Waals surface area contributed by atoms with Gasteiger partial charge < -0.3 is 4.40 Å². The van der Waals surface area contributed by atoms with Gasteiger partial charge in [0.2, 0.25) is 0 Å². The Bertz CT molecular complexity index is 1490. The lowest BCUT2D eigenvalue weighted by Crippen LogP contribution is -1.89. The van der Waals surface area contributed by atoms with Crippen LogP contribution in [0, 0.1) is 13.8 Å². The molecule has 0 aliphatic carbocycles. The molecule has 0 bridgehead atoms. The summed E-state index contributed by atoms with van der Waals surface area (Å²) >= 11 is 0. The van der Waals surface area contributed by atoms with Crippen molar-refractivity contribution in [3.63, 3.8) is 0 Å². The molecule has 2 nitrogen and oxygen atoms in total. The van der Waals surface area contributed by atoms with Crippen molar-refractivity contribution < 1.29 is 0 Å². The maximum Gasteiger partial charge on any atom is 0.0711 e. The first-order valence-corrected chi connectivity index (χ1v) is 9.33. The molecule has 27 heavy (non-hydrogen) atoms. The van der Waals surface area contributed by atoms with Crippen LogP contribution in [0.15, 0.2) is 72.9 Å². The van der Waals surface area contributed by atoms with Gasteiger partial charge >= 0.3 is 0 Å². The molecule has 0 unspecified atom stereocenters. The Morgan fingerprint density at radius 1 is 0.704 bits per heavy atom. The fraction of sp³-hybridized carbons (Fsp3) is 0.0800. The molecule has 0 atom stereocenters. The summed E-state index contributed by atoms with van der Waals surface area (Å²) in [7, 11) is 0. The zero-order valence-electron chi connectivity index (χ0n) is 15.3. The summed E-state index contributed by atoms with van der Waals surface area (Å²) in [5.74, 6) is 0. The molecule has 3 aromatic heterocycles. The highest BCUT2D eigenvalue weighted by Gasteiger charge is 2.20. The molecule has 0 radical (unpaired) electrons. The molecule has 2 heteroatoms. The number of benzene rings is 3. The Morgan fingerprint density at radius 3 is 2.19 bits per heavy atom. The average Bonchev–Trinajstić information content (AvgIpc) is 3.22. The SMILES string of the molecule is Cc1cnc(-c2ccc3c4ccccc4n4c5ccccc5c2c34)cc1C. The van der Waals surface area contributed by atoms with Crippen LogP contribution in [-0.4, -0.2) is 9.38 Å². The minimum Gasteiger partial charge on any atom is -0.308 e. The first-order chi connectivity index (χ1) is 13.2. The molecule has 6 aromatic rings. The van der Waals surface area contributed by atoms with E-state index in [4.69, 9.17) is 4.98 Å². The summed E-state index contributed by atoms with van der Waals surface area (Å²) in [4.78, 5) is 4.77. The van der Waals surface area contributed by atoms with E-state index in [1.54, 1.807) is 0 Å². The number of pyridine rings is 1. The third-order valence-electron chi connectivity index (χ3n) is 5.90. The van der Waals surface area contributed by atoms with Crippen LogP contribution < -0.4 is 0 Å². The smallest absolute Gasteiger partial charge is 0.0711 e. The van der Waals surface area contributed by atoms with Crippen molar-refractivity contribution in [1.29, 1.82) is 0 Å². The molecule has 0 aliphatic heterocycles. The number of fused-ring (bicyclic) bond motifs is 6. The summed E-state index contributed by atoms with van der Waals surface area (Å²) in [6.07, 6.45) is 1.98. The normalized spacial score (nSPS) is 12.1. The molecular formula is C25H18N2.